The molecular formula is C13H18BrNO2. The molecule has 3 nitrogen and oxygen atoms in total. The van der Waals surface area contributed by atoms with Crippen LogP contribution >= 0.6 is 15.9 Å². The van der Waals surface area contributed by atoms with Crippen LogP contribution in [0.3, 0.4) is 0 Å². The Bertz CT molecular complexity index is 389. The highest BCUT2D eigenvalue weighted by Crippen LogP contribution is 2.35. The highest BCUT2D eigenvalue weighted by atomic mass is 79.9. The fraction of sp³-hybridized carbons (Fsp3) is 0.462. The van der Waals surface area contributed by atoms with Gasteiger partial charge in [0.25, 0.3) is 0 Å². The molecule has 0 bridgehead atoms. The van der Waals surface area contributed by atoms with Gasteiger partial charge in [0.2, 0.25) is 0 Å². The van der Waals surface area contributed by atoms with Gasteiger partial charge >= 0.3 is 5.97 Å². The quantitative estimate of drug-likeness (QED) is 0.879. The largest absolute Gasteiger partial charge is 0.481 e. The van der Waals surface area contributed by atoms with Gasteiger partial charge in [0, 0.05) is 15.9 Å². The smallest absolute Gasteiger partial charge is 0.304 e. The van der Waals surface area contributed by atoms with Gasteiger partial charge in [-0.25, -0.2) is 0 Å². The summed E-state index contributed by atoms with van der Waals surface area (Å²) in [6, 6.07) is 7.53. The van der Waals surface area contributed by atoms with Gasteiger partial charge in [0.1, 0.15) is 0 Å². The number of hydrogen-bond acceptors (Lipinski definition) is 2. The fourth-order valence-corrected chi connectivity index (χ4v) is 2.49. The number of halogens is 1. The molecule has 1 aromatic carbocycles. The lowest BCUT2D eigenvalue weighted by atomic mass is 9.70. The third kappa shape index (κ3) is 3.07. The maximum absolute atomic E-state index is 11.1. The van der Waals surface area contributed by atoms with Crippen LogP contribution in [0.25, 0.3) is 0 Å². The topological polar surface area (TPSA) is 63.3 Å². The molecule has 0 saturated carbocycles. The normalized spacial score (nSPS) is 16.2. The van der Waals surface area contributed by atoms with E-state index in [9.17, 15) is 4.79 Å². The third-order valence-corrected chi connectivity index (χ3v) is 3.92. The Morgan fingerprint density at radius 1 is 1.47 bits per heavy atom. The van der Waals surface area contributed by atoms with Gasteiger partial charge in [0.05, 0.1) is 6.42 Å². The summed E-state index contributed by atoms with van der Waals surface area (Å²) in [5.74, 6) is -0.813. The van der Waals surface area contributed by atoms with E-state index in [0.29, 0.717) is 6.42 Å². The molecule has 0 radical (unpaired) electrons. The van der Waals surface area contributed by atoms with Crippen LogP contribution in [0.1, 0.15) is 32.3 Å². The number of rotatable bonds is 5. The molecule has 0 fully saturated rings. The summed E-state index contributed by atoms with van der Waals surface area (Å²) < 4.78 is 0.978. The molecule has 2 atom stereocenters. The van der Waals surface area contributed by atoms with Crippen molar-refractivity contribution in [3.8, 4) is 0 Å². The highest BCUT2D eigenvalue weighted by Gasteiger charge is 2.36. The van der Waals surface area contributed by atoms with Crippen LogP contribution in [0.2, 0.25) is 0 Å². The molecular weight excluding hydrogens is 282 g/mol. The molecule has 0 spiro atoms. The zero-order chi connectivity index (χ0) is 13.1. The van der Waals surface area contributed by atoms with E-state index in [1.54, 1.807) is 0 Å². The van der Waals surface area contributed by atoms with E-state index in [2.05, 4.69) is 15.9 Å². The molecule has 17 heavy (non-hydrogen) atoms. The van der Waals surface area contributed by atoms with Crippen LogP contribution in [0, 0.1) is 0 Å². The Hall–Kier alpha value is -0.870. The van der Waals surface area contributed by atoms with E-state index < -0.39 is 11.4 Å². The van der Waals surface area contributed by atoms with E-state index >= 15 is 0 Å². The molecule has 0 heterocycles. The van der Waals surface area contributed by atoms with Crippen molar-refractivity contribution in [1.82, 2.24) is 0 Å². The lowest BCUT2D eigenvalue weighted by Crippen LogP contribution is -2.44. The van der Waals surface area contributed by atoms with Crippen LogP contribution in [-0.2, 0) is 10.2 Å². The minimum absolute atomic E-state index is 0.0583. The van der Waals surface area contributed by atoms with E-state index in [1.165, 1.54) is 0 Å². The first kappa shape index (κ1) is 14.2. The van der Waals surface area contributed by atoms with E-state index in [1.807, 2.05) is 38.1 Å². The second-order valence-electron chi connectivity index (χ2n) is 4.38. The molecule has 94 valence electrons. The number of carboxylic acid groups (broad SMARTS) is 1. The zero-order valence-corrected chi connectivity index (χ0v) is 11.7. The molecule has 1 rings (SSSR count). The number of carboxylic acids is 1. The first-order chi connectivity index (χ1) is 7.92. The predicted octanol–water partition coefficient (Wildman–Crippen LogP) is 2.92. The molecule has 0 aromatic heterocycles. The van der Waals surface area contributed by atoms with Crippen molar-refractivity contribution in [2.75, 3.05) is 0 Å². The predicted molar refractivity (Wildman–Crippen MR) is 72.0 cm³/mol. The van der Waals surface area contributed by atoms with Gasteiger partial charge < -0.3 is 10.8 Å². The van der Waals surface area contributed by atoms with Crippen LogP contribution in [0.5, 0.6) is 0 Å². The molecule has 0 aliphatic rings. The van der Waals surface area contributed by atoms with E-state index in [-0.39, 0.29) is 12.5 Å². The summed E-state index contributed by atoms with van der Waals surface area (Å²) in [5, 5.41) is 9.08. The average molecular weight is 300 g/mol. The van der Waals surface area contributed by atoms with E-state index in [4.69, 9.17) is 10.8 Å². The van der Waals surface area contributed by atoms with Crippen molar-refractivity contribution >= 4 is 21.9 Å². The van der Waals surface area contributed by atoms with Crippen LogP contribution in [0.4, 0.5) is 0 Å². The molecule has 4 heteroatoms. The average Bonchev–Trinajstić information content (AvgIpc) is 2.26. The number of carbonyl (C=O) groups is 1. The van der Waals surface area contributed by atoms with Crippen molar-refractivity contribution in [3.63, 3.8) is 0 Å². The summed E-state index contributed by atoms with van der Waals surface area (Å²) in [6.07, 6.45) is 0.765. The third-order valence-electron chi connectivity index (χ3n) is 3.39. The fourth-order valence-electron chi connectivity index (χ4n) is 2.23. The maximum Gasteiger partial charge on any atom is 0.304 e. The molecule has 3 N–H and O–H groups in total. The van der Waals surface area contributed by atoms with Crippen molar-refractivity contribution in [3.05, 3.63) is 34.3 Å². The van der Waals surface area contributed by atoms with Crippen molar-refractivity contribution in [2.24, 2.45) is 5.73 Å². The standard InChI is InChI=1S/C13H18BrNO2/c1-3-13(9(2)15,8-12(16)17)10-4-6-11(14)7-5-10/h4-7,9H,3,8,15H2,1-2H3,(H,16,17). The first-order valence-corrected chi connectivity index (χ1v) is 6.45. The lowest BCUT2D eigenvalue weighted by Gasteiger charge is -2.36. The minimum Gasteiger partial charge on any atom is -0.481 e. The van der Waals surface area contributed by atoms with Crippen LogP contribution in [0.15, 0.2) is 28.7 Å². The summed E-state index contributed by atoms with van der Waals surface area (Å²) in [4.78, 5) is 11.1. The van der Waals surface area contributed by atoms with E-state index in [0.717, 1.165) is 10.0 Å². The SMILES string of the molecule is CCC(CC(=O)O)(c1ccc(Br)cc1)C(C)N. The number of benzene rings is 1. The van der Waals surface area contributed by atoms with Crippen molar-refractivity contribution in [1.29, 1.82) is 0 Å². The van der Waals surface area contributed by atoms with Gasteiger partial charge in [-0.05, 0) is 31.0 Å². The summed E-state index contributed by atoms with van der Waals surface area (Å²) in [7, 11) is 0. The number of hydrogen-bond donors (Lipinski definition) is 2. The minimum atomic E-state index is -0.813. The summed E-state index contributed by atoms with van der Waals surface area (Å²) in [6.45, 7) is 3.85. The van der Waals surface area contributed by atoms with Crippen LogP contribution in [-0.4, -0.2) is 17.1 Å². The zero-order valence-electron chi connectivity index (χ0n) is 10.1. The number of nitrogens with two attached hydrogens (primary N) is 1. The molecule has 1 aromatic rings. The molecule has 0 aliphatic heterocycles. The lowest BCUT2D eigenvalue weighted by molar-refractivity contribution is -0.138. The van der Waals surface area contributed by atoms with Gasteiger partial charge in [-0.15, -0.1) is 0 Å². The monoisotopic (exact) mass is 299 g/mol. The summed E-state index contributed by atoms with van der Waals surface area (Å²) in [5.41, 5.74) is 6.52. The van der Waals surface area contributed by atoms with Gasteiger partial charge in [0.15, 0.2) is 0 Å². The Morgan fingerprint density at radius 2 is 2.00 bits per heavy atom. The van der Waals surface area contributed by atoms with Crippen molar-refractivity contribution in [2.45, 2.75) is 38.1 Å². The number of aliphatic carboxylic acids is 1. The maximum atomic E-state index is 11.1. The molecule has 0 amide bonds. The molecule has 0 saturated heterocycles. The first-order valence-electron chi connectivity index (χ1n) is 5.66. The highest BCUT2D eigenvalue weighted by molar-refractivity contribution is 9.10. The Labute approximate surface area is 110 Å². The Balaban J connectivity index is 3.21. The van der Waals surface area contributed by atoms with Gasteiger partial charge in [-0.3, -0.25) is 4.79 Å². The molecule has 2 unspecified atom stereocenters. The molecule has 0 aliphatic carbocycles. The summed E-state index contributed by atoms with van der Waals surface area (Å²) >= 11 is 3.37. The second kappa shape index (κ2) is 5.65. The Kier molecular flexibility index (Phi) is 4.71. The van der Waals surface area contributed by atoms with Crippen LogP contribution < -0.4 is 5.73 Å². The second-order valence-corrected chi connectivity index (χ2v) is 5.29. The Morgan fingerprint density at radius 3 is 2.35 bits per heavy atom. The van der Waals surface area contributed by atoms with Gasteiger partial charge in [-0.1, -0.05) is 35.0 Å². The van der Waals surface area contributed by atoms with Gasteiger partial charge in [-0.2, -0.15) is 0 Å². The van der Waals surface area contributed by atoms with Crippen molar-refractivity contribution < 1.29 is 9.90 Å².